The normalized spacial score (nSPS) is 22.2. The zero-order valence-corrected chi connectivity index (χ0v) is 14.0. The lowest BCUT2D eigenvalue weighted by atomic mass is 9.76. The first-order valence-electron chi connectivity index (χ1n) is 8.66. The van der Waals surface area contributed by atoms with E-state index in [1.165, 1.54) is 6.20 Å². The molecule has 1 amide bonds. The molecule has 130 valence electrons. The first-order valence-corrected chi connectivity index (χ1v) is 8.66. The third-order valence-electron chi connectivity index (χ3n) is 5.23. The van der Waals surface area contributed by atoms with E-state index in [9.17, 15) is 4.79 Å². The summed E-state index contributed by atoms with van der Waals surface area (Å²) in [5, 5.41) is 0. The van der Waals surface area contributed by atoms with Gasteiger partial charge in [-0.25, -0.2) is 4.98 Å². The van der Waals surface area contributed by atoms with Crippen molar-refractivity contribution in [1.29, 1.82) is 0 Å². The number of aromatic nitrogens is 4. The van der Waals surface area contributed by atoms with Gasteiger partial charge in [0, 0.05) is 50.5 Å². The van der Waals surface area contributed by atoms with Gasteiger partial charge >= 0.3 is 0 Å². The third kappa shape index (κ3) is 3.51. The van der Waals surface area contributed by atoms with Crippen molar-refractivity contribution in [3.8, 4) is 0 Å². The van der Waals surface area contributed by atoms with E-state index < -0.39 is 0 Å². The number of piperidine rings is 1. The molecular weight excluding hydrogens is 318 g/mol. The molecule has 2 aromatic rings. The molecule has 2 aromatic heterocycles. The molecular formula is C18H21N5O2. The van der Waals surface area contributed by atoms with Gasteiger partial charge in [0.05, 0.1) is 24.6 Å². The van der Waals surface area contributed by atoms with Gasteiger partial charge in [-0.1, -0.05) is 0 Å². The lowest BCUT2D eigenvalue weighted by molar-refractivity contribution is 0.0491. The number of hydrogen-bond donors (Lipinski definition) is 0. The van der Waals surface area contributed by atoms with E-state index in [1.807, 2.05) is 4.90 Å². The highest BCUT2D eigenvalue weighted by Gasteiger charge is 2.43. The van der Waals surface area contributed by atoms with E-state index in [0.717, 1.165) is 51.1 Å². The number of carbonyl (C=O) groups is 1. The Morgan fingerprint density at radius 2 is 1.88 bits per heavy atom. The summed E-state index contributed by atoms with van der Waals surface area (Å²) in [6.45, 7) is 2.26. The summed E-state index contributed by atoms with van der Waals surface area (Å²) in [5.74, 6) is -0.0297. The monoisotopic (exact) mass is 339 g/mol. The zero-order chi connectivity index (χ0) is 17.1. The Bertz CT molecular complexity index is 717. The highest BCUT2D eigenvalue weighted by Crippen LogP contribution is 2.42. The minimum atomic E-state index is -0.0297. The summed E-state index contributed by atoms with van der Waals surface area (Å²) in [4.78, 5) is 30.9. The van der Waals surface area contributed by atoms with Crippen molar-refractivity contribution < 1.29 is 9.53 Å². The van der Waals surface area contributed by atoms with E-state index in [2.05, 4.69) is 19.9 Å². The number of hydrogen-bond acceptors (Lipinski definition) is 6. The molecule has 4 rings (SSSR count). The molecule has 0 unspecified atom stereocenters. The Morgan fingerprint density at radius 1 is 1.12 bits per heavy atom. The van der Waals surface area contributed by atoms with Crippen molar-refractivity contribution in [2.75, 3.05) is 19.7 Å². The fourth-order valence-corrected chi connectivity index (χ4v) is 3.80. The first kappa shape index (κ1) is 16.1. The second kappa shape index (κ2) is 6.84. The molecule has 1 spiro atoms. The van der Waals surface area contributed by atoms with E-state index >= 15 is 0 Å². The van der Waals surface area contributed by atoms with Crippen LogP contribution in [0.5, 0.6) is 0 Å². The van der Waals surface area contributed by atoms with Crippen molar-refractivity contribution in [2.24, 2.45) is 5.41 Å². The lowest BCUT2D eigenvalue weighted by Crippen LogP contribution is -2.43. The van der Waals surface area contributed by atoms with Crippen molar-refractivity contribution in [1.82, 2.24) is 24.8 Å². The highest BCUT2D eigenvalue weighted by atomic mass is 16.5. The summed E-state index contributed by atoms with van der Waals surface area (Å²) < 4.78 is 6.04. The Kier molecular flexibility index (Phi) is 4.40. The molecule has 0 saturated carbocycles. The van der Waals surface area contributed by atoms with Gasteiger partial charge in [-0.2, -0.15) is 0 Å². The van der Waals surface area contributed by atoms with Crippen molar-refractivity contribution in [2.45, 2.75) is 31.8 Å². The van der Waals surface area contributed by atoms with Crippen LogP contribution in [-0.2, 0) is 11.2 Å². The topological polar surface area (TPSA) is 81.1 Å². The van der Waals surface area contributed by atoms with Crippen molar-refractivity contribution >= 4 is 5.91 Å². The molecule has 0 bridgehead atoms. The van der Waals surface area contributed by atoms with Crippen LogP contribution in [0.25, 0.3) is 0 Å². The zero-order valence-electron chi connectivity index (χ0n) is 14.0. The largest absolute Gasteiger partial charge is 0.377 e. The molecule has 1 atom stereocenters. The lowest BCUT2D eigenvalue weighted by Gasteiger charge is -2.38. The maximum absolute atomic E-state index is 12.5. The van der Waals surface area contributed by atoms with Gasteiger partial charge < -0.3 is 9.64 Å². The molecule has 0 aliphatic carbocycles. The SMILES string of the molecule is O=C(c1cnccn1)N1CCC2(CC1)CO[C@@H](Cc1cnccn1)C2. The Morgan fingerprint density at radius 3 is 2.56 bits per heavy atom. The highest BCUT2D eigenvalue weighted by molar-refractivity contribution is 5.92. The van der Waals surface area contributed by atoms with Crippen LogP contribution >= 0.6 is 0 Å². The summed E-state index contributed by atoms with van der Waals surface area (Å²) in [7, 11) is 0. The molecule has 2 fully saturated rings. The van der Waals surface area contributed by atoms with E-state index in [-0.39, 0.29) is 17.4 Å². The van der Waals surface area contributed by atoms with Crippen LogP contribution in [0.4, 0.5) is 0 Å². The molecule has 25 heavy (non-hydrogen) atoms. The van der Waals surface area contributed by atoms with Gasteiger partial charge in [-0.05, 0) is 24.7 Å². The molecule has 0 aromatic carbocycles. The number of amides is 1. The predicted octanol–water partition coefficient (Wildman–Crippen LogP) is 1.52. The second-order valence-corrected chi connectivity index (χ2v) is 6.92. The standard InChI is InChI=1S/C18H21N5O2/c24-17(16-12-20-4-6-22-16)23-7-1-18(2-8-23)10-15(25-13-18)9-14-11-19-3-5-21-14/h3-6,11-12,15H,1-2,7-10,13H2/t15-/m0/s1. The van der Waals surface area contributed by atoms with E-state index in [0.29, 0.717) is 5.69 Å². The van der Waals surface area contributed by atoms with Gasteiger partial charge in [-0.15, -0.1) is 0 Å². The fourth-order valence-electron chi connectivity index (χ4n) is 3.80. The maximum atomic E-state index is 12.5. The summed E-state index contributed by atoms with van der Waals surface area (Å²) >= 11 is 0. The Labute approximate surface area is 146 Å². The van der Waals surface area contributed by atoms with Gasteiger partial charge in [0.25, 0.3) is 5.91 Å². The molecule has 2 saturated heterocycles. The van der Waals surface area contributed by atoms with E-state index in [4.69, 9.17) is 4.74 Å². The van der Waals surface area contributed by atoms with Crippen LogP contribution in [0.2, 0.25) is 0 Å². The molecule has 0 N–H and O–H groups in total. The van der Waals surface area contributed by atoms with Gasteiger partial charge in [0.1, 0.15) is 5.69 Å². The Hall–Kier alpha value is -2.41. The third-order valence-corrected chi connectivity index (χ3v) is 5.23. The molecule has 7 heteroatoms. The van der Waals surface area contributed by atoms with Crippen molar-refractivity contribution in [3.63, 3.8) is 0 Å². The number of nitrogens with zero attached hydrogens (tertiary/aromatic N) is 5. The number of rotatable bonds is 3. The van der Waals surface area contributed by atoms with Crippen LogP contribution in [0, 0.1) is 5.41 Å². The predicted molar refractivity (Wildman–Crippen MR) is 89.7 cm³/mol. The maximum Gasteiger partial charge on any atom is 0.274 e. The van der Waals surface area contributed by atoms with Crippen LogP contribution in [0.15, 0.2) is 37.2 Å². The summed E-state index contributed by atoms with van der Waals surface area (Å²) in [6, 6.07) is 0. The minimum absolute atomic E-state index is 0.0297. The number of ether oxygens (including phenoxy) is 1. The van der Waals surface area contributed by atoms with Crippen molar-refractivity contribution in [3.05, 3.63) is 48.6 Å². The average Bonchev–Trinajstić information content (AvgIpc) is 3.05. The number of likely N-dealkylation sites (tertiary alicyclic amines) is 1. The van der Waals surface area contributed by atoms with Crippen LogP contribution < -0.4 is 0 Å². The number of carbonyl (C=O) groups excluding carboxylic acids is 1. The quantitative estimate of drug-likeness (QED) is 0.843. The molecule has 2 aliphatic rings. The van der Waals surface area contributed by atoms with Crippen LogP contribution in [0.1, 0.15) is 35.4 Å². The molecule has 0 radical (unpaired) electrons. The van der Waals surface area contributed by atoms with E-state index in [1.54, 1.807) is 31.0 Å². The second-order valence-electron chi connectivity index (χ2n) is 6.92. The Balaban J connectivity index is 1.33. The fraction of sp³-hybridized carbons (Fsp3) is 0.500. The van der Waals surface area contributed by atoms with Gasteiger partial charge in [0.2, 0.25) is 0 Å². The summed E-state index contributed by atoms with van der Waals surface area (Å²) in [5.41, 5.74) is 1.58. The van der Waals surface area contributed by atoms with Gasteiger partial charge in [0.15, 0.2) is 0 Å². The minimum Gasteiger partial charge on any atom is -0.377 e. The average molecular weight is 339 g/mol. The molecule has 2 aliphatic heterocycles. The molecule has 7 nitrogen and oxygen atoms in total. The molecule has 4 heterocycles. The first-order chi connectivity index (χ1) is 12.2. The van der Waals surface area contributed by atoms with Crippen LogP contribution in [0.3, 0.4) is 0 Å². The summed E-state index contributed by atoms with van der Waals surface area (Å²) in [6.07, 6.45) is 13.8. The van der Waals surface area contributed by atoms with Crippen LogP contribution in [-0.4, -0.2) is 56.5 Å². The smallest absolute Gasteiger partial charge is 0.274 e. The van der Waals surface area contributed by atoms with Gasteiger partial charge in [-0.3, -0.25) is 19.7 Å².